The van der Waals surface area contributed by atoms with Crippen molar-refractivity contribution in [2.75, 3.05) is 0 Å². The summed E-state index contributed by atoms with van der Waals surface area (Å²) >= 11 is 0. The molecule has 0 fully saturated rings. The number of amides is 1. The summed E-state index contributed by atoms with van der Waals surface area (Å²) in [6.07, 6.45) is 0.0810. The average Bonchev–Trinajstić information content (AvgIpc) is 2.45. The summed E-state index contributed by atoms with van der Waals surface area (Å²) < 4.78 is 0. The maximum absolute atomic E-state index is 12.1. The quantitative estimate of drug-likeness (QED) is 0.875. The van der Waals surface area contributed by atoms with Gasteiger partial charge in [-0.05, 0) is 36.5 Å². The number of benzene rings is 1. The molecule has 0 saturated carbocycles. The molecule has 118 valence electrons. The molecule has 1 rings (SSSR count). The molecule has 2 atom stereocenters. The first-order valence-corrected chi connectivity index (χ1v) is 7.19. The van der Waals surface area contributed by atoms with Crippen LogP contribution in [-0.2, 0) is 10.2 Å². The molecule has 0 aliphatic carbocycles. The molecule has 0 radical (unpaired) electrons. The SMILES string of the molecule is C[C@@H](C#N)C[C@@H](NC(=O)c1ccc(C(C)(C)C)cc1)C(=O)O. The van der Waals surface area contributed by atoms with Gasteiger partial charge >= 0.3 is 5.97 Å². The molecule has 0 saturated heterocycles. The molecule has 1 amide bonds. The fourth-order valence-corrected chi connectivity index (χ4v) is 1.99. The smallest absolute Gasteiger partial charge is 0.326 e. The van der Waals surface area contributed by atoms with Crippen LogP contribution in [0.4, 0.5) is 0 Å². The Hall–Kier alpha value is -2.35. The molecule has 0 aliphatic rings. The largest absolute Gasteiger partial charge is 0.480 e. The van der Waals surface area contributed by atoms with Crippen molar-refractivity contribution in [3.8, 4) is 6.07 Å². The second kappa shape index (κ2) is 7.08. The van der Waals surface area contributed by atoms with Crippen LogP contribution in [0.1, 0.15) is 50.0 Å². The third-order valence-electron chi connectivity index (χ3n) is 3.43. The molecule has 5 nitrogen and oxygen atoms in total. The van der Waals surface area contributed by atoms with E-state index in [2.05, 4.69) is 26.1 Å². The van der Waals surface area contributed by atoms with E-state index in [4.69, 9.17) is 10.4 Å². The number of nitrogens with one attached hydrogen (secondary N) is 1. The molecule has 0 unspecified atom stereocenters. The van der Waals surface area contributed by atoms with E-state index in [0.29, 0.717) is 5.56 Å². The van der Waals surface area contributed by atoms with Crippen molar-refractivity contribution in [3.05, 3.63) is 35.4 Å². The van der Waals surface area contributed by atoms with Crippen molar-refractivity contribution in [2.24, 2.45) is 5.92 Å². The Balaban J connectivity index is 2.82. The van der Waals surface area contributed by atoms with Crippen molar-refractivity contribution in [2.45, 2.75) is 45.6 Å². The zero-order valence-electron chi connectivity index (χ0n) is 13.4. The highest BCUT2D eigenvalue weighted by molar-refractivity contribution is 5.96. The normalized spacial score (nSPS) is 13.8. The molecule has 1 aromatic carbocycles. The van der Waals surface area contributed by atoms with Crippen molar-refractivity contribution >= 4 is 11.9 Å². The van der Waals surface area contributed by atoms with Gasteiger partial charge in [-0.25, -0.2) is 4.79 Å². The molecule has 22 heavy (non-hydrogen) atoms. The molecule has 5 heteroatoms. The Bertz CT molecular complexity index is 579. The first kappa shape index (κ1) is 17.7. The van der Waals surface area contributed by atoms with Gasteiger partial charge in [-0.2, -0.15) is 5.26 Å². The summed E-state index contributed by atoms with van der Waals surface area (Å²) in [6.45, 7) is 7.85. The van der Waals surface area contributed by atoms with Gasteiger partial charge in [-0.15, -0.1) is 0 Å². The molecule has 0 heterocycles. The number of aliphatic carboxylic acids is 1. The van der Waals surface area contributed by atoms with Gasteiger partial charge in [0.25, 0.3) is 5.91 Å². The maximum Gasteiger partial charge on any atom is 0.326 e. The first-order valence-electron chi connectivity index (χ1n) is 7.19. The monoisotopic (exact) mass is 302 g/mol. The Morgan fingerprint density at radius 3 is 2.23 bits per heavy atom. The van der Waals surface area contributed by atoms with E-state index in [1.807, 2.05) is 18.2 Å². The van der Waals surface area contributed by atoms with E-state index >= 15 is 0 Å². The Kier molecular flexibility index (Phi) is 5.69. The Labute approximate surface area is 131 Å². The van der Waals surface area contributed by atoms with E-state index in [-0.39, 0.29) is 11.8 Å². The van der Waals surface area contributed by atoms with E-state index in [0.717, 1.165) is 5.56 Å². The summed E-state index contributed by atoms with van der Waals surface area (Å²) in [5.41, 5.74) is 1.49. The summed E-state index contributed by atoms with van der Waals surface area (Å²) in [7, 11) is 0. The predicted molar refractivity (Wildman–Crippen MR) is 83.4 cm³/mol. The molecule has 2 N–H and O–H groups in total. The van der Waals surface area contributed by atoms with Gasteiger partial charge in [-0.1, -0.05) is 32.9 Å². The van der Waals surface area contributed by atoms with Crippen molar-refractivity contribution < 1.29 is 14.7 Å². The second-order valence-corrected chi connectivity index (χ2v) is 6.46. The van der Waals surface area contributed by atoms with Crippen LogP contribution in [0.25, 0.3) is 0 Å². The van der Waals surface area contributed by atoms with Gasteiger partial charge in [0.05, 0.1) is 6.07 Å². The molecule has 0 aliphatic heterocycles. The minimum Gasteiger partial charge on any atom is -0.480 e. The molecular weight excluding hydrogens is 280 g/mol. The average molecular weight is 302 g/mol. The minimum absolute atomic E-state index is 0.0131. The first-order chi connectivity index (χ1) is 10.1. The number of carbonyl (C=O) groups is 2. The summed E-state index contributed by atoms with van der Waals surface area (Å²) in [5, 5.41) is 20.4. The highest BCUT2D eigenvalue weighted by Gasteiger charge is 2.23. The van der Waals surface area contributed by atoms with E-state index < -0.39 is 23.8 Å². The van der Waals surface area contributed by atoms with Crippen molar-refractivity contribution in [1.29, 1.82) is 5.26 Å². The lowest BCUT2D eigenvalue weighted by molar-refractivity contribution is -0.139. The topological polar surface area (TPSA) is 90.2 Å². The predicted octanol–water partition coefficient (Wildman–Crippen LogP) is 2.72. The van der Waals surface area contributed by atoms with Crippen LogP contribution in [-0.4, -0.2) is 23.0 Å². The number of hydrogen-bond donors (Lipinski definition) is 2. The number of nitrogens with zero attached hydrogens (tertiary/aromatic N) is 1. The fourth-order valence-electron chi connectivity index (χ4n) is 1.99. The number of rotatable bonds is 5. The van der Waals surface area contributed by atoms with Crippen LogP contribution >= 0.6 is 0 Å². The zero-order chi connectivity index (χ0) is 16.9. The molecule has 0 aromatic heterocycles. The number of nitriles is 1. The Morgan fingerprint density at radius 2 is 1.82 bits per heavy atom. The number of carboxylic acid groups (broad SMARTS) is 1. The third kappa shape index (κ3) is 4.88. The van der Waals surface area contributed by atoms with Gasteiger partial charge in [-0.3, -0.25) is 4.79 Å². The zero-order valence-corrected chi connectivity index (χ0v) is 13.4. The third-order valence-corrected chi connectivity index (χ3v) is 3.43. The van der Waals surface area contributed by atoms with E-state index in [1.54, 1.807) is 19.1 Å². The lowest BCUT2D eigenvalue weighted by Crippen LogP contribution is -2.41. The molecule has 1 aromatic rings. The molecule has 0 bridgehead atoms. The number of carbonyl (C=O) groups excluding carboxylic acids is 1. The fraction of sp³-hybridized carbons (Fsp3) is 0.471. The highest BCUT2D eigenvalue weighted by Crippen LogP contribution is 2.22. The van der Waals surface area contributed by atoms with Gasteiger partial charge in [0, 0.05) is 11.5 Å². The van der Waals surface area contributed by atoms with E-state index in [9.17, 15) is 9.59 Å². The van der Waals surface area contributed by atoms with Crippen LogP contribution in [0, 0.1) is 17.2 Å². The van der Waals surface area contributed by atoms with Crippen LogP contribution in [0.2, 0.25) is 0 Å². The maximum atomic E-state index is 12.1. The van der Waals surface area contributed by atoms with Gasteiger partial charge < -0.3 is 10.4 Å². The lowest BCUT2D eigenvalue weighted by Gasteiger charge is -2.19. The summed E-state index contributed by atoms with van der Waals surface area (Å²) in [5.74, 6) is -2.02. The summed E-state index contributed by atoms with van der Waals surface area (Å²) in [6, 6.07) is 8.00. The van der Waals surface area contributed by atoms with E-state index in [1.165, 1.54) is 0 Å². The minimum atomic E-state index is -1.14. The standard InChI is InChI=1S/C17H22N2O3/c1-11(10-18)9-14(16(21)22)19-15(20)12-5-7-13(8-6-12)17(2,3)4/h5-8,11,14H,9H2,1-4H3,(H,19,20)(H,21,22)/t11-,14-/m1/s1. The summed E-state index contributed by atoms with van der Waals surface area (Å²) in [4.78, 5) is 23.3. The van der Waals surface area contributed by atoms with Crippen LogP contribution in [0.3, 0.4) is 0 Å². The number of carboxylic acids is 1. The Morgan fingerprint density at radius 1 is 1.27 bits per heavy atom. The van der Waals surface area contributed by atoms with Crippen LogP contribution < -0.4 is 5.32 Å². The highest BCUT2D eigenvalue weighted by atomic mass is 16.4. The molecule has 0 spiro atoms. The van der Waals surface area contributed by atoms with Gasteiger partial charge in [0.2, 0.25) is 0 Å². The second-order valence-electron chi connectivity index (χ2n) is 6.46. The van der Waals surface area contributed by atoms with Crippen molar-refractivity contribution in [1.82, 2.24) is 5.32 Å². The van der Waals surface area contributed by atoms with Gasteiger partial charge in [0.15, 0.2) is 0 Å². The van der Waals surface area contributed by atoms with Crippen LogP contribution in [0.15, 0.2) is 24.3 Å². The lowest BCUT2D eigenvalue weighted by atomic mass is 9.86. The number of hydrogen-bond acceptors (Lipinski definition) is 3. The van der Waals surface area contributed by atoms with Crippen LogP contribution in [0.5, 0.6) is 0 Å². The van der Waals surface area contributed by atoms with Gasteiger partial charge in [0.1, 0.15) is 6.04 Å². The van der Waals surface area contributed by atoms with Crippen molar-refractivity contribution in [3.63, 3.8) is 0 Å². The molecular formula is C17H22N2O3.